The van der Waals surface area contributed by atoms with Crippen LogP contribution in [-0.4, -0.2) is 45.7 Å². The Balaban J connectivity index is 1.93. The number of hydrogen-bond donors (Lipinski definition) is 1. The molecule has 0 aromatic carbocycles. The maximum Gasteiger partial charge on any atom is 0.205 e. The van der Waals surface area contributed by atoms with Crippen LogP contribution in [0.2, 0.25) is 0 Å². The molecular formula is C10H18N4S2. The average Bonchev–Trinajstić information content (AvgIpc) is 2.64. The summed E-state index contributed by atoms with van der Waals surface area (Å²) in [6, 6.07) is 0. The minimum absolute atomic E-state index is 0.723. The minimum atomic E-state index is 0.723. The van der Waals surface area contributed by atoms with Gasteiger partial charge in [-0.15, -0.1) is 10.2 Å². The van der Waals surface area contributed by atoms with Crippen LogP contribution in [0.3, 0.4) is 0 Å². The lowest BCUT2D eigenvalue weighted by Crippen LogP contribution is -2.39. The zero-order valence-electron chi connectivity index (χ0n) is 9.93. The maximum atomic E-state index is 4.19. The van der Waals surface area contributed by atoms with E-state index in [-0.39, 0.29) is 0 Å². The highest BCUT2D eigenvalue weighted by Crippen LogP contribution is 2.26. The standard InChI is InChI=1S/C10H18N4S2/c1-7-4-14(5-8(2)15-7)6-9-12-13-10(11-3)16-9/h7-8H,4-6H2,1-3H3,(H,11,13). The Morgan fingerprint density at radius 1 is 1.31 bits per heavy atom. The number of nitrogens with zero attached hydrogens (tertiary/aromatic N) is 3. The molecule has 4 nitrogen and oxygen atoms in total. The van der Waals surface area contributed by atoms with Gasteiger partial charge in [-0.2, -0.15) is 11.8 Å². The van der Waals surface area contributed by atoms with Crippen LogP contribution in [0.1, 0.15) is 18.9 Å². The van der Waals surface area contributed by atoms with E-state index in [1.54, 1.807) is 11.3 Å². The van der Waals surface area contributed by atoms with Crippen LogP contribution in [0.5, 0.6) is 0 Å². The Kier molecular flexibility index (Phi) is 4.05. The van der Waals surface area contributed by atoms with E-state index in [9.17, 15) is 0 Å². The van der Waals surface area contributed by atoms with Crippen molar-refractivity contribution >= 4 is 28.2 Å². The predicted octanol–water partition coefficient (Wildman–Crippen LogP) is 1.91. The van der Waals surface area contributed by atoms with Crippen molar-refractivity contribution in [2.24, 2.45) is 0 Å². The van der Waals surface area contributed by atoms with Gasteiger partial charge in [0.25, 0.3) is 0 Å². The van der Waals surface area contributed by atoms with E-state index in [2.05, 4.69) is 46.0 Å². The molecule has 0 bridgehead atoms. The lowest BCUT2D eigenvalue weighted by Gasteiger charge is -2.33. The summed E-state index contributed by atoms with van der Waals surface area (Å²) in [6.45, 7) is 7.85. The third kappa shape index (κ3) is 3.09. The van der Waals surface area contributed by atoms with Gasteiger partial charge in [0.2, 0.25) is 5.13 Å². The number of rotatable bonds is 3. The van der Waals surface area contributed by atoms with Crippen molar-refractivity contribution < 1.29 is 0 Å². The first-order valence-corrected chi connectivity index (χ1v) is 7.31. The lowest BCUT2D eigenvalue weighted by atomic mass is 10.3. The van der Waals surface area contributed by atoms with Crippen molar-refractivity contribution in [2.45, 2.75) is 30.9 Å². The molecular weight excluding hydrogens is 240 g/mol. The highest BCUT2D eigenvalue weighted by molar-refractivity contribution is 8.00. The molecule has 2 unspecified atom stereocenters. The average molecular weight is 258 g/mol. The largest absolute Gasteiger partial charge is 0.363 e. The van der Waals surface area contributed by atoms with Gasteiger partial charge < -0.3 is 5.32 Å². The van der Waals surface area contributed by atoms with Gasteiger partial charge in [0.15, 0.2) is 0 Å². The maximum absolute atomic E-state index is 4.19. The Morgan fingerprint density at radius 2 is 2.00 bits per heavy atom. The van der Waals surface area contributed by atoms with Gasteiger partial charge in [0.05, 0.1) is 6.54 Å². The molecule has 0 radical (unpaired) electrons. The van der Waals surface area contributed by atoms with E-state index in [4.69, 9.17) is 0 Å². The van der Waals surface area contributed by atoms with Crippen LogP contribution < -0.4 is 5.32 Å². The second kappa shape index (κ2) is 5.33. The highest BCUT2D eigenvalue weighted by atomic mass is 32.2. The van der Waals surface area contributed by atoms with Crippen molar-refractivity contribution in [3.8, 4) is 0 Å². The Labute approximate surface area is 105 Å². The smallest absolute Gasteiger partial charge is 0.205 e. The van der Waals surface area contributed by atoms with E-state index >= 15 is 0 Å². The zero-order chi connectivity index (χ0) is 11.5. The summed E-state index contributed by atoms with van der Waals surface area (Å²) < 4.78 is 0. The summed E-state index contributed by atoms with van der Waals surface area (Å²) in [4.78, 5) is 2.48. The fourth-order valence-corrected chi connectivity index (χ4v) is 4.15. The topological polar surface area (TPSA) is 41.1 Å². The molecule has 0 saturated carbocycles. The molecule has 90 valence electrons. The molecule has 16 heavy (non-hydrogen) atoms. The van der Waals surface area contributed by atoms with E-state index in [0.717, 1.165) is 40.3 Å². The van der Waals surface area contributed by atoms with Crippen molar-refractivity contribution in [1.29, 1.82) is 0 Å². The van der Waals surface area contributed by atoms with Gasteiger partial charge in [0.1, 0.15) is 5.01 Å². The highest BCUT2D eigenvalue weighted by Gasteiger charge is 2.23. The van der Waals surface area contributed by atoms with Crippen LogP contribution >= 0.6 is 23.1 Å². The molecule has 1 fully saturated rings. The van der Waals surface area contributed by atoms with Crippen molar-refractivity contribution in [3.63, 3.8) is 0 Å². The Hall–Kier alpha value is -0.330. The molecule has 1 N–H and O–H groups in total. The normalized spacial score (nSPS) is 26.9. The molecule has 2 heterocycles. The third-order valence-electron chi connectivity index (χ3n) is 2.53. The Morgan fingerprint density at radius 3 is 2.56 bits per heavy atom. The monoisotopic (exact) mass is 258 g/mol. The summed E-state index contributed by atoms with van der Waals surface area (Å²) in [7, 11) is 1.88. The van der Waals surface area contributed by atoms with Crippen LogP contribution in [0.15, 0.2) is 0 Å². The van der Waals surface area contributed by atoms with Gasteiger partial charge >= 0.3 is 0 Å². The quantitative estimate of drug-likeness (QED) is 0.897. The van der Waals surface area contributed by atoms with Gasteiger partial charge in [-0.3, -0.25) is 4.90 Å². The van der Waals surface area contributed by atoms with Gasteiger partial charge in [-0.25, -0.2) is 0 Å². The molecule has 1 aromatic heterocycles. The van der Waals surface area contributed by atoms with E-state index in [0.29, 0.717) is 0 Å². The summed E-state index contributed by atoms with van der Waals surface area (Å²) in [5.41, 5.74) is 0. The third-order valence-corrected chi connectivity index (χ3v) is 4.69. The summed E-state index contributed by atoms with van der Waals surface area (Å²) in [6.07, 6.45) is 0. The lowest BCUT2D eigenvalue weighted by molar-refractivity contribution is 0.262. The molecule has 1 saturated heterocycles. The van der Waals surface area contributed by atoms with E-state index in [1.807, 2.05) is 7.05 Å². The van der Waals surface area contributed by atoms with Crippen molar-refractivity contribution in [2.75, 3.05) is 25.5 Å². The fraction of sp³-hybridized carbons (Fsp3) is 0.800. The number of nitrogens with one attached hydrogen (secondary N) is 1. The summed E-state index contributed by atoms with van der Waals surface area (Å²) >= 11 is 3.73. The summed E-state index contributed by atoms with van der Waals surface area (Å²) in [5.74, 6) is 0. The number of aromatic nitrogens is 2. The first kappa shape index (κ1) is 12.1. The number of thioether (sulfide) groups is 1. The molecule has 0 aliphatic carbocycles. The molecule has 0 amide bonds. The first-order valence-electron chi connectivity index (χ1n) is 5.55. The van der Waals surface area contributed by atoms with E-state index < -0.39 is 0 Å². The predicted molar refractivity (Wildman–Crippen MR) is 71.2 cm³/mol. The van der Waals surface area contributed by atoms with Gasteiger partial charge in [-0.05, 0) is 0 Å². The van der Waals surface area contributed by atoms with Gasteiger partial charge in [0, 0.05) is 30.6 Å². The SMILES string of the molecule is CNc1nnc(CN2CC(C)SC(C)C2)s1. The second-order valence-electron chi connectivity index (χ2n) is 4.20. The van der Waals surface area contributed by atoms with Gasteiger partial charge in [-0.1, -0.05) is 25.2 Å². The van der Waals surface area contributed by atoms with Crippen LogP contribution in [0.4, 0.5) is 5.13 Å². The minimum Gasteiger partial charge on any atom is -0.363 e. The molecule has 1 aliphatic heterocycles. The first-order chi connectivity index (χ1) is 7.67. The zero-order valence-corrected chi connectivity index (χ0v) is 11.6. The molecule has 1 aromatic rings. The number of anilines is 1. The molecule has 1 aliphatic rings. The molecule has 2 rings (SSSR count). The van der Waals surface area contributed by atoms with Crippen LogP contribution in [0, 0.1) is 0 Å². The van der Waals surface area contributed by atoms with Crippen LogP contribution in [0.25, 0.3) is 0 Å². The fourth-order valence-electron chi connectivity index (χ4n) is 2.02. The molecule has 0 spiro atoms. The second-order valence-corrected chi connectivity index (χ2v) is 7.15. The Bertz CT molecular complexity index is 331. The van der Waals surface area contributed by atoms with Crippen LogP contribution in [-0.2, 0) is 6.54 Å². The molecule has 2 atom stereocenters. The van der Waals surface area contributed by atoms with Crippen molar-refractivity contribution in [3.05, 3.63) is 5.01 Å². The van der Waals surface area contributed by atoms with E-state index in [1.165, 1.54) is 0 Å². The summed E-state index contributed by atoms with van der Waals surface area (Å²) in [5, 5.41) is 14.7. The number of hydrogen-bond acceptors (Lipinski definition) is 6. The van der Waals surface area contributed by atoms with Crippen molar-refractivity contribution in [1.82, 2.24) is 15.1 Å². The molecule has 6 heteroatoms.